The highest BCUT2D eigenvalue weighted by Crippen LogP contribution is 2.38. The van der Waals surface area contributed by atoms with Gasteiger partial charge in [0.25, 0.3) is 0 Å². The van der Waals surface area contributed by atoms with Crippen LogP contribution in [0.15, 0.2) is 22.7 Å². The van der Waals surface area contributed by atoms with Crippen molar-refractivity contribution >= 4 is 15.9 Å². The lowest BCUT2D eigenvalue weighted by Crippen LogP contribution is -2.39. The van der Waals surface area contributed by atoms with E-state index >= 15 is 0 Å². The fourth-order valence-corrected chi connectivity index (χ4v) is 3.52. The van der Waals surface area contributed by atoms with E-state index < -0.39 is 5.92 Å². The van der Waals surface area contributed by atoms with Gasteiger partial charge in [-0.25, -0.2) is 8.78 Å². The Balaban J connectivity index is 2.07. The molecular formula is C16H22BrF2NO. The van der Waals surface area contributed by atoms with Crippen molar-refractivity contribution in [3.8, 4) is 5.75 Å². The number of alkyl halides is 2. The molecular weight excluding hydrogens is 340 g/mol. The Morgan fingerprint density at radius 1 is 1.38 bits per heavy atom. The summed E-state index contributed by atoms with van der Waals surface area (Å²) in [6.45, 7) is 0. The topological polar surface area (TPSA) is 21.3 Å². The van der Waals surface area contributed by atoms with Gasteiger partial charge in [-0.3, -0.25) is 0 Å². The molecule has 0 aliphatic heterocycles. The minimum Gasteiger partial charge on any atom is -0.496 e. The Labute approximate surface area is 133 Å². The van der Waals surface area contributed by atoms with Gasteiger partial charge in [-0.15, -0.1) is 0 Å². The maximum absolute atomic E-state index is 13.3. The SMILES string of the molecule is CNC(Cc1cc(Br)ccc1OC)C1CCC(F)(F)CC1. The normalized spacial score (nSPS) is 20.2. The van der Waals surface area contributed by atoms with Gasteiger partial charge in [0, 0.05) is 23.4 Å². The first-order chi connectivity index (χ1) is 9.95. The van der Waals surface area contributed by atoms with Gasteiger partial charge in [0.15, 0.2) is 0 Å². The standard InChI is InChI=1S/C16H22BrF2NO/c1-20-14(11-5-7-16(18,19)8-6-11)10-12-9-13(17)3-4-15(12)21-2/h3-4,9,11,14,20H,5-8,10H2,1-2H3. The van der Waals surface area contributed by atoms with Crippen LogP contribution >= 0.6 is 15.9 Å². The van der Waals surface area contributed by atoms with Crippen LogP contribution in [-0.2, 0) is 6.42 Å². The molecule has 5 heteroatoms. The Morgan fingerprint density at radius 3 is 2.62 bits per heavy atom. The predicted octanol–water partition coefficient (Wildman–Crippen LogP) is 4.41. The fraction of sp³-hybridized carbons (Fsp3) is 0.625. The van der Waals surface area contributed by atoms with Crippen molar-refractivity contribution in [3.63, 3.8) is 0 Å². The summed E-state index contributed by atoms with van der Waals surface area (Å²) in [4.78, 5) is 0. The summed E-state index contributed by atoms with van der Waals surface area (Å²) in [6.07, 6.45) is 1.95. The molecule has 2 nitrogen and oxygen atoms in total. The second-order valence-electron chi connectivity index (χ2n) is 5.75. The fourth-order valence-electron chi connectivity index (χ4n) is 3.11. The van der Waals surface area contributed by atoms with Gasteiger partial charge in [-0.2, -0.15) is 0 Å². The molecule has 1 atom stereocenters. The third kappa shape index (κ3) is 4.39. The highest BCUT2D eigenvalue weighted by Gasteiger charge is 2.37. The van der Waals surface area contributed by atoms with Crippen molar-refractivity contribution in [1.29, 1.82) is 0 Å². The molecule has 1 aromatic carbocycles. The van der Waals surface area contributed by atoms with Crippen molar-refractivity contribution in [2.75, 3.05) is 14.2 Å². The first-order valence-corrected chi connectivity index (χ1v) is 8.12. The van der Waals surface area contributed by atoms with E-state index in [2.05, 4.69) is 21.2 Å². The minimum atomic E-state index is -2.47. The van der Waals surface area contributed by atoms with E-state index in [0.717, 1.165) is 22.2 Å². The maximum atomic E-state index is 13.3. The number of ether oxygens (including phenoxy) is 1. The molecule has 0 radical (unpaired) electrons. The lowest BCUT2D eigenvalue weighted by molar-refractivity contribution is -0.0493. The van der Waals surface area contributed by atoms with Crippen molar-refractivity contribution in [2.45, 2.75) is 44.1 Å². The van der Waals surface area contributed by atoms with Crippen LogP contribution in [0.25, 0.3) is 0 Å². The number of hydrogen-bond donors (Lipinski definition) is 1. The Bertz CT molecular complexity index is 471. The Hall–Kier alpha value is -0.680. The predicted molar refractivity (Wildman–Crippen MR) is 84.2 cm³/mol. The van der Waals surface area contributed by atoms with Crippen molar-refractivity contribution < 1.29 is 13.5 Å². The molecule has 0 saturated heterocycles. The first-order valence-electron chi connectivity index (χ1n) is 7.32. The summed E-state index contributed by atoms with van der Waals surface area (Å²) in [6, 6.07) is 6.11. The number of likely N-dealkylation sites (N-methyl/N-ethyl adjacent to an activating group) is 1. The molecule has 2 rings (SSSR count). The van der Waals surface area contributed by atoms with Gasteiger partial charge in [-0.05, 0) is 56.0 Å². The summed E-state index contributed by atoms with van der Waals surface area (Å²) < 4.78 is 33.0. The lowest BCUT2D eigenvalue weighted by Gasteiger charge is -2.34. The zero-order valence-corrected chi connectivity index (χ0v) is 14.1. The van der Waals surface area contributed by atoms with Crippen LogP contribution in [0.5, 0.6) is 5.75 Å². The summed E-state index contributed by atoms with van der Waals surface area (Å²) in [5, 5.41) is 3.30. The monoisotopic (exact) mass is 361 g/mol. The number of hydrogen-bond acceptors (Lipinski definition) is 2. The molecule has 118 valence electrons. The zero-order valence-electron chi connectivity index (χ0n) is 12.5. The second-order valence-corrected chi connectivity index (χ2v) is 6.66. The van der Waals surface area contributed by atoms with Gasteiger partial charge >= 0.3 is 0 Å². The highest BCUT2D eigenvalue weighted by atomic mass is 79.9. The van der Waals surface area contributed by atoms with E-state index in [-0.39, 0.29) is 18.9 Å². The number of halogens is 3. The van der Waals surface area contributed by atoms with Crippen LogP contribution in [0.2, 0.25) is 0 Å². The molecule has 1 unspecified atom stereocenters. The van der Waals surface area contributed by atoms with Gasteiger partial charge in [0.1, 0.15) is 5.75 Å². The van der Waals surface area contributed by atoms with Crippen LogP contribution in [0.3, 0.4) is 0 Å². The van der Waals surface area contributed by atoms with Crippen molar-refractivity contribution in [1.82, 2.24) is 5.32 Å². The van der Waals surface area contributed by atoms with Gasteiger partial charge in [0.2, 0.25) is 5.92 Å². The van der Waals surface area contributed by atoms with E-state index in [1.54, 1.807) is 7.11 Å². The summed E-state index contributed by atoms with van der Waals surface area (Å²) in [5.41, 5.74) is 1.10. The summed E-state index contributed by atoms with van der Waals surface area (Å²) in [5.74, 6) is -1.33. The van der Waals surface area contributed by atoms with Gasteiger partial charge in [0.05, 0.1) is 7.11 Å². The van der Waals surface area contributed by atoms with Crippen LogP contribution in [-0.4, -0.2) is 26.1 Å². The molecule has 1 saturated carbocycles. The quantitative estimate of drug-likeness (QED) is 0.838. The van der Waals surface area contributed by atoms with Crippen molar-refractivity contribution in [2.24, 2.45) is 5.92 Å². The molecule has 1 aliphatic carbocycles. The molecule has 1 fully saturated rings. The van der Waals surface area contributed by atoms with Crippen molar-refractivity contribution in [3.05, 3.63) is 28.2 Å². The Kier molecular flexibility index (Phi) is 5.60. The molecule has 0 aromatic heterocycles. The minimum absolute atomic E-state index is 0.00542. The number of nitrogens with one attached hydrogen (secondary N) is 1. The van der Waals surface area contributed by atoms with E-state index in [1.807, 2.05) is 25.2 Å². The number of methoxy groups -OCH3 is 1. The smallest absolute Gasteiger partial charge is 0.248 e. The summed E-state index contributed by atoms with van der Waals surface area (Å²) >= 11 is 3.47. The van der Waals surface area contributed by atoms with E-state index in [1.165, 1.54) is 0 Å². The molecule has 1 aliphatic rings. The van der Waals surface area contributed by atoms with E-state index in [0.29, 0.717) is 18.8 Å². The van der Waals surface area contributed by atoms with E-state index in [9.17, 15) is 8.78 Å². The molecule has 21 heavy (non-hydrogen) atoms. The molecule has 1 N–H and O–H groups in total. The lowest BCUT2D eigenvalue weighted by atomic mass is 9.80. The average molecular weight is 362 g/mol. The molecule has 0 bridgehead atoms. The van der Waals surface area contributed by atoms with Gasteiger partial charge < -0.3 is 10.1 Å². The summed E-state index contributed by atoms with van der Waals surface area (Å²) in [7, 11) is 3.56. The largest absolute Gasteiger partial charge is 0.496 e. The third-order valence-corrected chi connectivity index (χ3v) is 4.88. The first kappa shape index (κ1) is 16.7. The van der Waals surface area contributed by atoms with Crippen LogP contribution < -0.4 is 10.1 Å². The number of rotatable bonds is 5. The van der Waals surface area contributed by atoms with Crippen LogP contribution in [0.4, 0.5) is 8.78 Å². The zero-order chi connectivity index (χ0) is 15.5. The number of benzene rings is 1. The molecule has 0 amide bonds. The average Bonchev–Trinajstić information content (AvgIpc) is 2.45. The second kappa shape index (κ2) is 7.05. The van der Waals surface area contributed by atoms with Crippen LogP contribution in [0, 0.1) is 5.92 Å². The van der Waals surface area contributed by atoms with Gasteiger partial charge in [-0.1, -0.05) is 15.9 Å². The maximum Gasteiger partial charge on any atom is 0.248 e. The molecule has 0 heterocycles. The highest BCUT2D eigenvalue weighted by molar-refractivity contribution is 9.10. The van der Waals surface area contributed by atoms with E-state index in [4.69, 9.17) is 4.74 Å². The Morgan fingerprint density at radius 2 is 2.05 bits per heavy atom. The molecule has 0 spiro atoms. The molecule has 1 aromatic rings. The van der Waals surface area contributed by atoms with Crippen LogP contribution in [0.1, 0.15) is 31.2 Å². The third-order valence-electron chi connectivity index (χ3n) is 4.38.